The molecule has 0 saturated carbocycles. The molecule has 0 bridgehead atoms. The second-order valence-electron chi connectivity index (χ2n) is 8.70. The topological polar surface area (TPSA) is 59.3 Å². The Labute approximate surface area is 207 Å². The van der Waals surface area contributed by atoms with Gasteiger partial charge in [-0.1, -0.05) is 98.6 Å². The molecule has 3 aromatic carbocycles. The Kier molecular flexibility index (Phi) is 8.02. The first kappa shape index (κ1) is 25.3. The number of carbonyl (C=O) groups is 1. The number of nitrogens with zero attached hydrogens (tertiary/aromatic N) is 1. The van der Waals surface area contributed by atoms with Crippen molar-refractivity contribution in [2.45, 2.75) is 50.7 Å². The van der Waals surface area contributed by atoms with Crippen molar-refractivity contribution >= 4 is 17.6 Å². The summed E-state index contributed by atoms with van der Waals surface area (Å²) in [4.78, 5) is 12.9. The summed E-state index contributed by atoms with van der Waals surface area (Å²) in [5.74, 6) is -2.16. The molecule has 176 valence electrons. The van der Waals surface area contributed by atoms with Gasteiger partial charge in [0.25, 0.3) is 0 Å². The second kappa shape index (κ2) is 10.8. The summed E-state index contributed by atoms with van der Waals surface area (Å²) in [7, 11) is 0. The molecule has 0 aromatic heterocycles. The maximum absolute atomic E-state index is 14.0. The fourth-order valence-electron chi connectivity index (χ4n) is 3.93. The minimum atomic E-state index is -1.98. The van der Waals surface area contributed by atoms with Crippen molar-refractivity contribution in [3.8, 4) is 11.8 Å². The molecule has 34 heavy (non-hydrogen) atoms. The highest BCUT2D eigenvalue weighted by molar-refractivity contribution is 6.25. The van der Waals surface area contributed by atoms with Crippen LogP contribution in [0.5, 0.6) is 5.75 Å². The zero-order chi connectivity index (χ0) is 24.7. The van der Waals surface area contributed by atoms with Crippen molar-refractivity contribution in [2.75, 3.05) is 0 Å². The fourth-order valence-corrected chi connectivity index (χ4v) is 4.23. The first-order valence-electron chi connectivity index (χ1n) is 11.5. The monoisotopic (exact) mass is 475 g/mol. The molecule has 0 spiro atoms. The molecular formula is C29H30ClNO3. The van der Waals surface area contributed by atoms with Crippen LogP contribution in [0.3, 0.4) is 0 Å². The molecule has 0 amide bonds. The van der Waals surface area contributed by atoms with Gasteiger partial charge >= 0.3 is 11.8 Å². The molecule has 0 aliphatic carbocycles. The molecular weight excluding hydrogens is 446 g/mol. The molecule has 0 aliphatic rings. The molecule has 5 heteroatoms. The minimum Gasteiger partial charge on any atom is -0.437 e. The SMILES string of the molecule is CCCCC(C)(C(=O)OC(C#N)(Oc1ccccc1)c1ccccc1)C(C)(Cl)c1ccccc1. The fraction of sp³-hybridized carbons (Fsp3) is 0.310. The van der Waals surface area contributed by atoms with Crippen molar-refractivity contribution in [3.05, 3.63) is 102 Å². The smallest absolute Gasteiger partial charge is 0.372 e. The molecule has 0 heterocycles. The number of esters is 1. The van der Waals surface area contributed by atoms with E-state index in [0.717, 1.165) is 18.4 Å². The van der Waals surface area contributed by atoms with Crippen LogP contribution in [0.25, 0.3) is 0 Å². The quantitative estimate of drug-likeness (QED) is 0.175. The van der Waals surface area contributed by atoms with Crippen molar-refractivity contribution in [2.24, 2.45) is 5.41 Å². The van der Waals surface area contributed by atoms with Crippen LogP contribution in [0, 0.1) is 16.7 Å². The summed E-state index contributed by atoms with van der Waals surface area (Å²) in [6.45, 7) is 5.69. The molecule has 0 radical (unpaired) electrons. The van der Waals surface area contributed by atoms with Gasteiger partial charge in [-0.25, -0.2) is 0 Å². The number of alkyl halides is 1. The normalized spacial score (nSPS) is 16.2. The molecule has 0 saturated heterocycles. The summed E-state index contributed by atoms with van der Waals surface area (Å²) >= 11 is 7.15. The van der Waals surface area contributed by atoms with Crippen LogP contribution < -0.4 is 4.74 Å². The first-order chi connectivity index (χ1) is 16.3. The molecule has 3 aromatic rings. The van der Waals surface area contributed by atoms with Crippen molar-refractivity contribution in [1.82, 2.24) is 0 Å². The first-order valence-corrected chi connectivity index (χ1v) is 11.9. The Morgan fingerprint density at radius 1 is 0.882 bits per heavy atom. The number of nitriles is 1. The Morgan fingerprint density at radius 2 is 1.38 bits per heavy atom. The van der Waals surface area contributed by atoms with Gasteiger partial charge in [-0.2, -0.15) is 5.26 Å². The van der Waals surface area contributed by atoms with Crippen LogP contribution in [-0.2, 0) is 20.2 Å². The third-order valence-corrected chi connectivity index (χ3v) is 7.01. The van der Waals surface area contributed by atoms with E-state index < -0.39 is 22.0 Å². The van der Waals surface area contributed by atoms with Crippen molar-refractivity contribution < 1.29 is 14.3 Å². The average molecular weight is 476 g/mol. The van der Waals surface area contributed by atoms with Gasteiger partial charge in [0.15, 0.2) is 6.07 Å². The van der Waals surface area contributed by atoms with Gasteiger partial charge in [0.05, 0.1) is 15.9 Å². The number of para-hydroxylation sites is 1. The lowest BCUT2D eigenvalue weighted by Gasteiger charge is -2.42. The number of hydrogen-bond acceptors (Lipinski definition) is 4. The highest BCUT2D eigenvalue weighted by atomic mass is 35.5. The van der Waals surface area contributed by atoms with Crippen LogP contribution in [0.1, 0.15) is 51.2 Å². The predicted molar refractivity (Wildman–Crippen MR) is 134 cm³/mol. The van der Waals surface area contributed by atoms with Crippen LogP contribution in [0.15, 0.2) is 91.0 Å². The van der Waals surface area contributed by atoms with Crippen LogP contribution in [0.2, 0.25) is 0 Å². The van der Waals surface area contributed by atoms with E-state index in [2.05, 4.69) is 13.0 Å². The Balaban J connectivity index is 2.07. The van der Waals surface area contributed by atoms with Gasteiger partial charge < -0.3 is 9.47 Å². The predicted octanol–water partition coefficient (Wildman–Crippen LogP) is 7.34. The lowest BCUT2D eigenvalue weighted by molar-refractivity contribution is -0.197. The van der Waals surface area contributed by atoms with E-state index in [1.54, 1.807) is 55.5 Å². The van der Waals surface area contributed by atoms with Crippen LogP contribution in [0.4, 0.5) is 0 Å². The van der Waals surface area contributed by atoms with E-state index in [9.17, 15) is 10.1 Å². The number of halogens is 1. The van der Waals surface area contributed by atoms with Crippen LogP contribution in [-0.4, -0.2) is 5.97 Å². The molecule has 0 N–H and O–H groups in total. The Morgan fingerprint density at radius 3 is 1.88 bits per heavy atom. The highest BCUT2D eigenvalue weighted by Crippen LogP contribution is 2.50. The second-order valence-corrected chi connectivity index (χ2v) is 9.46. The van der Waals surface area contributed by atoms with Gasteiger partial charge in [-0.05, 0) is 38.0 Å². The Bertz CT molecular complexity index is 1110. The van der Waals surface area contributed by atoms with Gasteiger partial charge in [0, 0.05) is 0 Å². The summed E-state index contributed by atoms with van der Waals surface area (Å²) in [6, 6.07) is 29.3. The third-order valence-electron chi connectivity index (χ3n) is 6.38. The zero-order valence-electron chi connectivity index (χ0n) is 19.8. The molecule has 3 unspecified atom stereocenters. The number of carbonyl (C=O) groups excluding carboxylic acids is 1. The van der Waals surface area contributed by atoms with E-state index >= 15 is 0 Å². The summed E-state index contributed by atoms with van der Waals surface area (Å²) in [5, 5.41) is 10.3. The minimum absolute atomic E-state index is 0.410. The standard InChI is InChI=1S/C29H30ClNO3/c1-4-5-21-27(2,28(3,30)23-15-9-6-10-16-23)26(32)34-29(22-31,24-17-11-7-12-18-24)33-25-19-13-8-14-20-25/h6-20H,4-5,21H2,1-3H3. The van der Waals surface area contributed by atoms with Gasteiger partial charge in [-0.3, -0.25) is 4.79 Å². The van der Waals surface area contributed by atoms with E-state index in [-0.39, 0.29) is 0 Å². The number of rotatable bonds is 10. The lowest BCUT2D eigenvalue weighted by Crippen LogP contribution is -2.49. The molecule has 0 fully saturated rings. The molecule has 0 aliphatic heterocycles. The maximum Gasteiger partial charge on any atom is 0.372 e. The van der Waals surface area contributed by atoms with E-state index in [4.69, 9.17) is 21.1 Å². The molecule has 3 atom stereocenters. The van der Waals surface area contributed by atoms with Crippen molar-refractivity contribution in [1.29, 1.82) is 5.26 Å². The highest BCUT2D eigenvalue weighted by Gasteiger charge is 2.54. The Hall–Kier alpha value is -3.29. The van der Waals surface area contributed by atoms with Gasteiger partial charge in [0.1, 0.15) is 5.75 Å². The number of ether oxygens (including phenoxy) is 2. The summed E-state index contributed by atoms with van der Waals surface area (Å²) in [6.07, 6.45) is 2.14. The van der Waals surface area contributed by atoms with E-state index in [0.29, 0.717) is 17.7 Å². The summed E-state index contributed by atoms with van der Waals surface area (Å²) < 4.78 is 12.1. The largest absolute Gasteiger partial charge is 0.437 e. The number of benzene rings is 3. The lowest BCUT2D eigenvalue weighted by atomic mass is 9.70. The average Bonchev–Trinajstić information content (AvgIpc) is 2.88. The van der Waals surface area contributed by atoms with E-state index in [1.807, 2.05) is 49.4 Å². The van der Waals surface area contributed by atoms with Gasteiger partial charge in [-0.15, -0.1) is 11.6 Å². The van der Waals surface area contributed by atoms with Crippen molar-refractivity contribution in [3.63, 3.8) is 0 Å². The third kappa shape index (κ3) is 5.11. The number of hydrogen-bond donors (Lipinski definition) is 0. The summed E-state index contributed by atoms with van der Waals surface area (Å²) in [5.41, 5.74) is 0.0880. The molecule has 3 rings (SSSR count). The number of unbranched alkanes of at least 4 members (excludes halogenated alkanes) is 1. The molecule has 4 nitrogen and oxygen atoms in total. The zero-order valence-corrected chi connectivity index (χ0v) is 20.6. The van der Waals surface area contributed by atoms with Gasteiger partial charge in [0.2, 0.25) is 0 Å². The van der Waals surface area contributed by atoms with Crippen LogP contribution >= 0.6 is 11.6 Å². The van der Waals surface area contributed by atoms with E-state index in [1.165, 1.54) is 0 Å². The maximum atomic E-state index is 14.0.